The van der Waals surface area contributed by atoms with Gasteiger partial charge in [0, 0.05) is 38.3 Å². The van der Waals surface area contributed by atoms with Crippen molar-refractivity contribution < 1.29 is 13.5 Å². The highest BCUT2D eigenvalue weighted by molar-refractivity contribution is 7.98. The minimum absolute atomic E-state index is 0.166. The van der Waals surface area contributed by atoms with Crippen LogP contribution in [0.25, 0.3) is 0 Å². The van der Waals surface area contributed by atoms with E-state index in [2.05, 4.69) is 0 Å². The summed E-state index contributed by atoms with van der Waals surface area (Å²) in [7, 11) is -0.154. The van der Waals surface area contributed by atoms with Crippen molar-refractivity contribution in [3.63, 3.8) is 0 Å². The predicted molar refractivity (Wildman–Crippen MR) is 69.5 cm³/mol. The SMILES string of the molecule is CSCCN(C)S(=O)(=O)c1cc(CO)n(C)c1. The maximum Gasteiger partial charge on any atom is 0.244 e. The van der Waals surface area contributed by atoms with Crippen molar-refractivity contribution in [2.45, 2.75) is 11.5 Å². The molecule has 98 valence electrons. The molecule has 0 fully saturated rings. The van der Waals surface area contributed by atoms with Crippen molar-refractivity contribution in [1.29, 1.82) is 0 Å². The number of rotatable bonds is 6. The number of sulfonamides is 1. The average Bonchev–Trinajstić information content (AvgIpc) is 2.67. The number of aromatic nitrogens is 1. The zero-order valence-corrected chi connectivity index (χ0v) is 11.9. The van der Waals surface area contributed by atoms with Crippen LogP contribution in [0, 0.1) is 0 Å². The number of hydrogen-bond donors (Lipinski definition) is 1. The highest BCUT2D eigenvalue weighted by atomic mass is 32.2. The molecule has 0 aromatic carbocycles. The van der Waals surface area contributed by atoms with Crippen LogP contribution in [0.5, 0.6) is 0 Å². The van der Waals surface area contributed by atoms with Crippen molar-refractivity contribution in [2.24, 2.45) is 7.05 Å². The smallest absolute Gasteiger partial charge is 0.244 e. The van der Waals surface area contributed by atoms with Gasteiger partial charge >= 0.3 is 0 Å². The average molecular weight is 278 g/mol. The van der Waals surface area contributed by atoms with E-state index in [1.165, 1.54) is 16.6 Å². The molecular formula is C10H18N2O3S2. The van der Waals surface area contributed by atoms with Crippen LogP contribution in [0.4, 0.5) is 0 Å². The van der Waals surface area contributed by atoms with E-state index in [1.54, 1.807) is 30.4 Å². The van der Waals surface area contributed by atoms with Crippen molar-refractivity contribution in [3.8, 4) is 0 Å². The minimum Gasteiger partial charge on any atom is -0.390 e. The van der Waals surface area contributed by atoms with E-state index >= 15 is 0 Å². The molecule has 1 heterocycles. The fourth-order valence-electron chi connectivity index (χ4n) is 1.40. The van der Waals surface area contributed by atoms with Gasteiger partial charge in [-0.2, -0.15) is 11.8 Å². The third-order valence-corrected chi connectivity index (χ3v) is 4.98. The lowest BCUT2D eigenvalue weighted by molar-refractivity contribution is 0.272. The second-order valence-electron chi connectivity index (χ2n) is 3.76. The summed E-state index contributed by atoms with van der Waals surface area (Å²) >= 11 is 1.60. The number of hydrogen-bond acceptors (Lipinski definition) is 4. The van der Waals surface area contributed by atoms with Crippen LogP contribution in [0.2, 0.25) is 0 Å². The van der Waals surface area contributed by atoms with Gasteiger partial charge in [-0.05, 0) is 12.3 Å². The Balaban J connectivity index is 2.96. The minimum atomic E-state index is -3.43. The van der Waals surface area contributed by atoms with E-state index in [-0.39, 0.29) is 11.5 Å². The Kier molecular flexibility index (Phi) is 5.05. The summed E-state index contributed by atoms with van der Waals surface area (Å²) < 4.78 is 27.2. The Morgan fingerprint density at radius 1 is 1.53 bits per heavy atom. The van der Waals surface area contributed by atoms with Crippen LogP contribution in [-0.4, -0.2) is 48.0 Å². The Hall–Kier alpha value is -0.500. The quantitative estimate of drug-likeness (QED) is 0.823. The van der Waals surface area contributed by atoms with Crippen molar-refractivity contribution >= 4 is 21.8 Å². The number of aryl methyl sites for hydroxylation is 1. The molecule has 0 amide bonds. The Morgan fingerprint density at radius 2 is 2.18 bits per heavy atom. The molecular weight excluding hydrogens is 260 g/mol. The summed E-state index contributed by atoms with van der Waals surface area (Å²) in [6, 6.07) is 1.50. The van der Waals surface area contributed by atoms with Gasteiger partial charge in [-0.3, -0.25) is 0 Å². The van der Waals surface area contributed by atoms with Crippen LogP contribution in [0.1, 0.15) is 5.69 Å². The van der Waals surface area contributed by atoms with Gasteiger partial charge in [0.25, 0.3) is 0 Å². The third-order valence-electron chi connectivity index (χ3n) is 2.56. The second-order valence-corrected chi connectivity index (χ2v) is 6.79. The number of aliphatic hydroxyl groups is 1. The van der Waals surface area contributed by atoms with Gasteiger partial charge in [0.2, 0.25) is 10.0 Å². The van der Waals surface area contributed by atoms with Crippen molar-refractivity contribution in [2.75, 3.05) is 25.6 Å². The molecule has 0 atom stereocenters. The van der Waals surface area contributed by atoms with Gasteiger partial charge in [-0.1, -0.05) is 0 Å². The molecule has 7 heteroatoms. The first kappa shape index (κ1) is 14.6. The summed E-state index contributed by atoms with van der Waals surface area (Å²) in [5, 5.41) is 9.04. The zero-order chi connectivity index (χ0) is 13.1. The van der Waals surface area contributed by atoms with Crippen LogP contribution < -0.4 is 0 Å². The molecule has 1 rings (SSSR count). The molecule has 1 aromatic rings. The molecule has 0 aliphatic rings. The molecule has 0 aliphatic carbocycles. The predicted octanol–water partition coefficient (Wildman–Crippen LogP) is 0.501. The highest BCUT2D eigenvalue weighted by Crippen LogP contribution is 2.17. The van der Waals surface area contributed by atoms with Gasteiger partial charge in [0.05, 0.1) is 6.61 Å². The molecule has 0 unspecified atom stereocenters. The fourth-order valence-corrected chi connectivity index (χ4v) is 3.24. The Bertz CT molecular complexity index is 468. The number of aliphatic hydroxyl groups excluding tert-OH is 1. The van der Waals surface area contributed by atoms with Gasteiger partial charge in [-0.25, -0.2) is 12.7 Å². The maximum absolute atomic E-state index is 12.1. The first-order chi connectivity index (χ1) is 7.93. The highest BCUT2D eigenvalue weighted by Gasteiger charge is 2.22. The van der Waals surface area contributed by atoms with E-state index in [1.807, 2.05) is 6.26 Å². The van der Waals surface area contributed by atoms with E-state index in [0.717, 1.165) is 5.75 Å². The fraction of sp³-hybridized carbons (Fsp3) is 0.600. The largest absolute Gasteiger partial charge is 0.390 e. The summed E-state index contributed by atoms with van der Waals surface area (Å²) in [4.78, 5) is 0.229. The van der Waals surface area contributed by atoms with Gasteiger partial charge in [-0.15, -0.1) is 0 Å². The van der Waals surface area contributed by atoms with Gasteiger partial charge in [0.1, 0.15) is 4.90 Å². The third kappa shape index (κ3) is 3.25. The van der Waals surface area contributed by atoms with Crippen molar-refractivity contribution in [1.82, 2.24) is 8.87 Å². The summed E-state index contributed by atoms with van der Waals surface area (Å²) in [6.45, 7) is 0.313. The number of thioether (sulfide) groups is 1. The van der Waals surface area contributed by atoms with Gasteiger partial charge in [0.15, 0.2) is 0 Å². The molecule has 0 aliphatic heterocycles. The topological polar surface area (TPSA) is 62.5 Å². The molecule has 1 N–H and O–H groups in total. The molecule has 0 bridgehead atoms. The van der Waals surface area contributed by atoms with Crippen molar-refractivity contribution in [3.05, 3.63) is 18.0 Å². The molecule has 0 radical (unpaired) electrons. The molecule has 0 spiro atoms. The van der Waals surface area contributed by atoms with E-state index < -0.39 is 10.0 Å². The van der Waals surface area contributed by atoms with Gasteiger partial charge < -0.3 is 9.67 Å². The van der Waals surface area contributed by atoms with Crippen LogP contribution >= 0.6 is 11.8 Å². The lowest BCUT2D eigenvalue weighted by atomic mass is 10.5. The normalized spacial score (nSPS) is 12.3. The van der Waals surface area contributed by atoms with Crippen LogP contribution in [0.3, 0.4) is 0 Å². The first-order valence-electron chi connectivity index (χ1n) is 5.15. The molecule has 1 aromatic heterocycles. The Labute approximate surface area is 106 Å². The molecule has 17 heavy (non-hydrogen) atoms. The standard InChI is InChI=1S/C10H18N2O3S2/c1-11-7-10(6-9(11)8-13)17(14,15)12(2)4-5-16-3/h6-7,13H,4-5,8H2,1-3H3. The lowest BCUT2D eigenvalue weighted by Crippen LogP contribution is -2.28. The monoisotopic (exact) mass is 278 g/mol. The summed E-state index contributed by atoms with van der Waals surface area (Å²) in [6.07, 6.45) is 3.46. The second kappa shape index (κ2) is 5.90. The molecule has 5 nitrogen and oxygen atoms in total. The lowest BCUT2D eigenvalue weighted by Gasteiger charge is -2.15. The van der Waals surface area contributed by atoms with E-state index in [4.69, 9.17) is 5.11 Å². The van der Waals surface area contributed by atoms with E-state index in [0.29, 0.717) is 12.2 Å². The Morgan fingerprint density at radius 3 is 2.65 bits per heavy atom. The summed E-state index contributed by atoms with van der Waals surface area (Å²) in [5.74, 6) is 0.759. The zero-order valence-electron chi connectivity index (χ0n) is 10.3. The maximum atomic E-state index is 12.1. The molecule has 0 saturated carbocycles. The molecule has 0 saturated heterocycles. The van der Waals surface area contributed by atoms with Crippen LogP contribution in [0.15, 0.2) is 17.2 Å². The number of nitrogens with zero attached hydrogens (tertiary/aromatic N) is 2. The first-order valence-corrected chi connectivity index (χ1v) is 7.98. The van der Waals surface area contributed by atoms with E-state index in [9.17, 15) is 8.42 Å². The summed E-state index contributed by atoms with van der Waals surface area (Å²) in [5.41, 5.74) is 0.585. The van der Waals surface area contributed by atoms with Crippen LogP contribution in [-0.2, 0) is 23.7 Å².